The van der Waals surface area contributed by atoms with Crippen LogP contribution in [0.2, 0.25) is 0 Å². The summed E-state index contributed by atoms with van der Waals surface area (Å²) in [6.45, 7) is 0. The van der Waals surface area contributed by atoms with Crippen LogP contribution in [-0.2, 0) is 0 Å². The molecule has 18 heavy (non-hydrogen) atoms. The number of para-hydroxylation sites is 2. The highest BCUT2D eigenvalue weighted by molar-refractivity contribution is 5.81. The van der Waals surface area contributed by atoms with E-state index in [0.717, 1.165) is 22.4 Å². The molecule has 3 rings (SSSR count). The minimum Gasteiger partial charge on any atom is -0.397 e. The normalized spacial score (nSPS) is 10.7. The minimum atomic E-state index is -0.207. The Bertz CT molecular complexity index is 757. The first-order valence-corrected chi connectivity index (χ1v) is 5.56. The molecule has 0 atom stereocenters. The highest BCUT2D eigenvalue weighted by atomic mass is 16.1. The first-order valence-electron chi connectivity index (χ1n) is 5.56. The Morgan fingerprint density at radius 1 is 1.00 bits per heavy atom. The van der Waals surface area contributed by atoms with Crippen LogP contribution in [-0.4, -0.2) is 9.97 Å². The molecule has 1 aromatic heterocycles. The van der Waals surface area contributed by atoms with Crippen LogP contribution >= 0.6 is 0 Å². The molecule has 5 nitrogen and oxygen atoms in total. The third-order valence-corrected chi connectivity index (χ3v) is 2.76. The number of imidazole rings is 1. The number of anilines is 3. The molecule has 5 N–H and O–H groups in total. The first kappa shape index (κ1) is 10.5. The van der Waals surface area contributed by atoms with E-state index in [1.165, 1.54) is 0 Å². The number of nitrogens with one attached hydrogen (secondary N) is 3. The van der Waals surface area contributed by atoms with Crippen molar-refractivity contribution in [3.05, 3.63) is 52.9 Å². The summed E-state index contributed by atoms with van der Waals surface area (Å²) in [4.78, 5) is 16.6. The number of nitrogens with two attached hydrogens (primary N) is 1. The summed E-state index contributed by atoms with van der Waals surface area (Å²) in [7, 11) is 0. The van der Waals surface area contributed by atoms with Crippen LogP contribution in [0.5, 0.6) is 0 Å². The minimum absolute atomic E-state index is 0.207. The van der Waals surface area contributed by atoms with Crippen LogP contribution in [0.25, 0.3) is 11.0 Å². The van der Waals surface area contributed by atoms with Gasteiger partial charge in [-0.15, -0.1) is 0 Å². The Kier molecular flexibility index (Phi) is 2.30. The van der Waals surface area contributed by atoms with Crippen molar-refractivity contribution in [2.45, 2.75) is 0 Å². The van der Waals surface area contributed by atoms with Crippen molar-refractivity contribution in [3.8, 4) is 0 Å². The number of hydrogen-bond donors (Lipinski definition) is 4. The smallest absolute Gasteiger partial charge is 0.323 e. The second-order valence-corrected chi connectivity index (χ2v) is 4.05. The average molecular weight is 240 g/mol. The van der Waals surface area contributed by atoms with E-state index in [2.05, 4.69) is 15.3 Å². The van der Waals surface area contributed by atoms with E-state index in [4.69, 9.17) is 5.73 Å². The van der Waals surface area contributed by atoms with Gasteiger partial charge in [0, 0.05) is 5.69 Å². The fourth-order valence-corrected chi connectivity index (χ4v) is 1.88. The van der Waals surface area contributed by atoms with Crippen molar-refractivity contribution in [2.24, 2.45) is 0 Å². The molecule has 0 aliphatic carbocycles. The molecule has 0 fully saturated rings. The molecule has 0 radical (unpaired) electrons. The monoisotopic (exact) mass is 240 g/mol. The molecule has 0 spiro atoms. The predicted molar refractivity (Wildman–Crippen MR) is 73.1 cm³/mol. The number of hydrogen-bond acceptors (Lipinski definition) is 3. The fraction of sp³-hybridized carbons (Fsp3) is 0. The number of H-pyrrole nitrogens is 2. The molecular weight excluding hydrogens is 228 g/mol. The molecule has 2 aromatic carbocycles. The number of benzene rings is 2. The summed E-state index contributed by atoms with van der Waals surface area (Å²) in [6.07, 6.45) is 0. The first-order chi connectivity index (χ1) is 8.72. The molecule has 0 amide bonds. The van der Waals surface area contributed by atoms with Crippen LogP contribution in [0.3, 0.4) is 0 Å². The zero-order valence-corrected chi connectivity index (χ0v) is 9.53. The van der Waals surface area contributed by atoms with E-state index in [1.54, 1.807) is 0 Å². The van der Waals surface area contributed by atoms with Crippen molar-refractivity contribution in [3.63, 3.8) is 0 Å². The van der Waals surface area contributed by atoms with Gasteiger partial charge in [-0.05, 0) is 30.3 Å². The second-order valence-electron chi connectivity index (χ2n) is 4.05. The molecule has 90 valence electrons. The van der Waals surface area contributed by atoms with Crippen LogP contribution in [0, 0.1) is 0 Å². The van der Waals surface area contributed by atoms with E-state index >= 15 is 0 Å². The lowest BCUT2D eigenvalue weighted by Crippen LogP contribution is -1.99. The number of aromatic amines is 2. The highest BCUT2D eigenvalue weighted by Gasteiger charge is 2.01. The van der Waals surface area contributed by atoms with Crippen LogP contribution in [0.4, 0.5) is 17.1 Å². The molecule has 0 saturated carbocycles. The van der Waals surface area contributed by atoms with Gasteiger partial charge in [0.05, 0.1) is 22.4 Å². The Labute approximate surface area is 103 Å². The van der Waals surface area contributed by atoms with Gasteiger partial charge in [0.1, 0.15) is 0 Å². The van der Waals surface area contributed by atoms with Crippen LogP contribution < -0.4 is 16.7 Å². The van der Waals surface area contributed by atoms with Gasteiger partial charge in [-0.25, -0.2) is 4.79 Å². The van der Waals surface area contributed by atoms with Gasteiger partial charge >= 0.3 is 5.69 Å². The van der Waals surface area contributed by atoms with Crippen LogP contribution in [0.15, 0.2) is 47.3 Å². The maximum absolute atomic E-state index is 11.2. The van der Waals surface area contributed by atoms with E-state index in [9.17, 15) is 4.79 Å². The topological polar surface area (TPSA) is 86.7 Å². The Morgan fingerprint density at radius 3 is 2.61 bits per heavy atom. The molecule has 0 aliphatic heterocycles. The zero-order valence-electron chi connectivity index (χ0n) is 9.53. The maximum atomic E-state index is 11.2. The molecule has 1 heterocycles. The number of aromatic nitrogens is 2. The molecule has 0 aliphatic rings. The second kappa shape index (κ2) is 3.96. The lowest BCUT2D eigenvalue weighted by atomic mass is 10.2. The molecule has 0 unspecified atom stereocenters. The van der Waals surface area contributed by atoms with Gasteiger partial charge in [-0.1, -0.05) is 12.1 Å². The molecule has 0 bridgehead atoms. The van der Waals surface area contributed by atoms with Gasteiger partial charge in [-0.3, -0.25) is 0 Å². The third-order valence-electron chi connectivity index (χ3n) is 2.76. The summed E-state index contributed by atoms with van der Waals surface area (Å²) in [5.74, 6) is 0. The van der Waals surface area contributed by atoms with Gasteiger partial charge in [0.25, 0.3) is 0 Å². The standard InChI is InChI=1S/C13H12N4O/c14-9-3-1-2-4-10(9)15-8-5-6-11-12(7-8)17-13(18)16-11/h1-7,15H,14H2,(H2,16,17,18). The van der Waals surface area contributed by atoms with Gasteiger partial charge in [-0.2, -0.15) is 0 Å². The van der Waals surface area contributed by atoms with Crippen molar-refractivity contribution in [2.75, 3.05) is 11.1 Å². The van der Waals surface area contributed by atoms with Crippen molar-refractivity contribution in [1.82, 2.24) is 9.97 Å². The van der Waals surface area contributed by atoms with Gasteiger partial charge in [0.15, 0.2) is 0 Å². The summed E-state index contributed by atoms with van der Waals surface area (Å²) < 4.78 is 0. The summed E-state index contributed by atoms with van der Waals surface area (Å²) in [5, 5.41) is 3.21. The number of nitrogen functional groups attached to an aromatic ring is 1. The zero-order chi connectivity index (χ0) is 12.5. The lowest BCUT2D eigenvalue weighted by molar-refractivity contribution is 1.22. The van der Waals surface area contributed by atoms with Crippen LogP contribution in [0.1, 0.15) is 0 Å². The number of fused-ring (bicyclic) bond motifs is 1. The quantitative estimate of drug-likeness (QED) is 0.518. The van der Waals surface area contributed by atoms with Gasteiger partial charge < -0.3 is 21.0 Å². The van der Waals surface area contributed by atoms with Crippen molar-refractivity contribution < 1.29 is 0 Å². The lowest BCUT2D eigenvalue weighted by Gasteiger charge is -2.08. The summed E-state index contributed by atoms with van der Waals surface area (Å²) in [6, 6.07) is 13.1. The molecule has 3 aromatic rings. The SMILES string of the molecule is Nc1ccccc1Nc1ccc2[nH]c(=O)[nH]c2c1. The average Bonchev–Trinajstić information content (AvgIpc) is 2.71. The van der Waals surface area contributed by atoms with E-state index in [-0.39, 0.29) is 5.69 Å². The Morgan fingerprint density at radius 2 is 1.78 bits per heavy atom. The third kappa shape index (κ3) is 1.82. The van der Waals surface area contributed by atoms with E-state index in [1.807, 2.05) is 42.5 Å². The summed E-state index contributed by atoms with van der Waals surface area (Å²) >= 11 is 0. The Balaban J connectivity index is 2.00. The maximum Gasteiger partial charge on any atom is 0.323 e. The summed E-state index contributed by atoms with van der Waals surface area (Å²) in [5.41, 5.74) is 9.59. The van der Waals surface area contributed by atoms with Crippen molar-refractivity contribution >= 4 is 28.1 Å². The van der Waals surface area contributed by atoms with Gasteiger partial charge in [0.2, 0.25) is 0 Å². The van der Waals surface area contributed by atoms with E-state index < -0.39 is 0 Å². The predicted octanol–water partition coefficient (Wildman–Crippen LogP) is 2.18. The molecule has 5 heteroatoms. The molecule has 0 saturated heterocycles. The van der Waals surface area contributed by atoms with E-state index in [0.29, 0.717) is 5.69 Å². The molecular formula is C13H12N4O. The Hall–Kier alpha value is -2.69. The number of rotatable bonds is 2. The van der Waals surface area contributed by atoms with Crippen molar-refractivity contribution in [1.29, 1.82) is 0 Å². The highest BCUT2D eigenvalue weighted by Crippen LogP contribution is 2.23. The largest absolute Gasteiger partial charge is 0.397 e. The fourth-order valence-electron chi connectivity index (χ4n) is 1.88.